The molecule has 0 spiro atoms. The number of carboxylic acid groups (broad SMARTS) is 1. The van der Waals surface area contributed by atoms with E-state index in [1.807, 2.05) is 12.1 Å². The fourth-order valence-corrected chi connectivity index (χ4v) is 5.53. The van der Waals surface area contributed by atoms with Gasteiger partial charge in [0, 0.05) is 5.56 Å². The second-order valence-electron chi connectivity index (χ2n) is 7.68. The van der Waals surface area contributed by atoms with Crippen LogP contribution < -0.4 is 4.31 Å². The van der Waals surface area contributed by atoms with Crippen molar-refractivity contribution in [3.63, 3.8) is 0 Å². The molecule has 1 aromatic carbocycles. The number of hydrogen-bond acceptors (Lipinski definition) is 3. The molecule has 1 saturated carbocycles. The lowest BCUT2D eigenvalue weighted by atomic mass is 9.96. The van der Waals surface area contributed by atoms with Crippen molar-refractivity contribution in [2.24, 2.45) is 0 Å². The molecule has 1 unspecified atom stereocenters. The van der Waals surface area contributed by atoms with Gasteiger partial charge in [0.25, 0.3) is 11.3 Å². The number of rotatable bonds is 4. The Bertz CT molecular complexity index is 813. The van der Waals surface area contributed by atoms with Gasteiger partial charge in [0.15, 0.2) is 5.54 Å². The molecular formula is C20H25NO5S. The molecule has 7 heteroatoms. The molecule has 0 amide bonds. The Morgan fingerprint density at radius 2 is 1.93 bits per heavy atom. The highest BCUT2D eigenvalue weighted by molar-refractivity contribution is 7.80. The van der Waals surface area contributed by atoms with E-state index in [1.54, 1.807) is 6.07 Å². The van der Waals surface area contributed by atoms with Gasteiger partial charge < -0.3 is 9.84 Å². The van der Waals surface area contributed by atoms with E-state index in [4.69, 9.17) is 4.74 Å². The van der Waals surface area contributed by atoms with Gasteiger partial charge in [-0.15, -0.1) is 0 Å². The molecule has 1 aliphatic heterocycles. The summed E-state index contributed by atoms with van der Waals surface area (Å²) in [5, 5.41) is 9.87. The van der Waals surface area contributed by atoms with Crippen LogP contribution in [0.5, 0.6) is 0 Å². The second kappa shape index (κ2) is 7.28. The largest absolute Gasteiger partial charge is 0.493 e. The second-order valence-corrected chi connectivity index (χ2v) is 8.51. The molecule has 3 aliphatic rings. The molecule has 0 radical (unpaired) electrons. The maximum Gasteiger partial charge on any atom is 0.330 e. The van der Waals surface area contributed by atoms with Crippen LogP contribution in [0.25, 0.3) is 5.76 Å². The Morgan fingerprint density at radius 3 is 2.63 bits per heavy atom. The molecule has 4 rings (SSSR count). The van der Waals surface area contributed by atoms with E-state index in [1.165, 1.54) is 9.88 Å². The summed E-state index contributed by atoms with van der Waals surface area (Å²) in [5.41, 5.74) is 2.51. The van der Waals surface area contributed by atoms with Gasteiger partial charge >= 0.3 is 5.97 Å². The quantitative estimate of drug-likeness (QED) is 0.761. The van der Waals surface area contributed by atoms with E-state index in [2.05, 4.69) is 0 Å². The van der Waals surface area contributed by atoms with Crippen LogP contribution in [0.1, 0.15) is 62.5 Å². The van der Waals surface area contributed by atoms with Crippen molar-refractivity contribution in [2.45, 2.75) is 63.3 Å². The first kappa shape index (κ1) is 18.5. The predicted octanol–water partition coefficient (Wildman–Crippen LogP) is 3.88. The maximum absolute atomic E-state index is 12.2. The number of nitrogens with zero attached hydrogens (tertiary/aromatic N) is 1. The lowest BCUT2D eigenvalue weighted by molar-refractivity contribution is -0.142. The first-order chi connectivity index (χ1) is 13.0. The third-order valence-corrected chi connectivity index (χ3v) is 6.91. The highest BCUT2D eigenvalue weighted by Gasteiger charge is 2.49. The van der Waals surface area contributed by atoms with Crippen LogP contribution in [0.15, 0.2) is 23.8 Å². The van der Waals surface area contributed by atoms with Gasteiger partial charge in [-0.25, -0.2) is 9.00 Å². The highest BCUT2D eigenvalue weighted by Crippen LogP contribution is 2.43. The van der Waals surface area contributed by atoms with E-state index in [0.29, 0.717) is 25.1 Å². The summed E-state index contributed by atoms with van der Waals surface area (Å²) in [6, 6.07) is 5.57. The van der Waals surface area contributed by atoms with Crippen LogP contribution in [-0.4, -0.2) is 32.0 Å². The van der Waals surface area contributed by atoms with Gasteiger partial charge in [0.2, 0.25) is 0 Å². The Hall–Kier alpha value is -1.86. The van der Waals surface area contributed by atoms with Crippen molar-refractivity contribution in [1.82, 2.24) is 0 Å². The SMILES string of the molecule is O=C(O)C1(N(c2ccc3c(c2)C2=C(CCCCCO2)C3)S(=O)O)CCCC1. The minimum atomic E-state index is -2.42. The minimum absolute atomic E-state index is 0.371. The molecule has 2 aliphatic carbocycles. The van der Waals surface area contributed by atoms with Crippen molar-refractivity contribution in [3.05, 3.63) is 34.9 Å². The zero-order valence-corrected chi connectivity index (χ0v) is 16.1. The number of aliphatic carboxylic acids is 1. The number of benzene rings is 1. The molecule has 27 heavy (non-hydrogen) atoms. The van der Waals surface area contributed by atoms with E-state index in [9.17, 15) is 18.7 Å². The minimum Gasteiger partial charge on any atom is -0.493 e. The standard InChI is InChI=1S/C20H25NO5S/c22-19(23)20(9-3-4-10-20)21(27(24)25)16-8-7-14-12-15-6-2-1-5-11-26-18(15)17(14)13-16/h7-8,13H,1-6,9-12H2,(H,22,23)(H,24,25). The fraction of sp³-hybridized carbons (Fsp3) is 0.550. The lowest BCUT2D eigenvalue weighted by Gasteiger charge is -2.36. The smallest absolute Gasteiger partial charge is 0.330 e. The average molecular weight is 391 g/mol. The Balaban J connectivity index is 1.76. The summed E-state index contributed by atoms with van der Waals surface area (Å²) in [6.45, 7) is 0.678. The predicted molar refractivity (Wildman–Crippen MR) is 104 cm³/mol. The van der Waals surface area contributed by atoms with E-state index in [-0.39, 0.29) is 0 Å². The normalized spacial score (nSPS) is 22.3. The number of hydrogen-bond donors (Lipinski definition) is 2. The van der Waals surface area contributed by atoms with Crippen LogP contribution >= 0.6 is 0 Å². The number of carbonyl (C=O) groups is 1. The molecule has 1 fully saturated rings. The number of ether oxygens (including phenoxy) is 1. The van der Waals surface area contributed by atoms with Crippen LogP contribution in [0.3, 0.4) is 0 Å². The van der Waals surface area contributed by atoms with Gasteiger partial charge in [0.05, 0.1) is 12.3 Å². The molecule has 0 aromatic heterocycles. The first-order valence-corrected chi connectivity index (χ1v) is 10.7. The zero-order chi connectivity index (χ0) is 19.0. The third kappa shape index (κ3) is 3.17. The van der Waals surface area contributed by atoms with Gasteiger partial charge in [-0.2, -0.15) is 0 Å². The Labute approximate surface area is 161 Å². The summed E-state index contributed by atoms with van der Waals surface area (Å²) >= 11 is -2.42. The fourth-order valence-electron chi connectivity index (χ4n) is 4.68. The summed E-state index contributed by atoms with van der Waals surface area (Å²) in [4.78, 5) is 12.1. The number of fused-ring (bicyclic) bond motifs is 2. The molecule has 1 aromatic rings. The van der Waals surface area contributed by atoms with Crippen LogP contribution in [0, 0.1) is 0 Å². The topological polar surface area (TPSA) is 87.1 Å². The highest BCUT2D eigenvalue weighted by atomic mass is 32.2. The van der Waals surface area contributed by atoms with E-state index < -0.39 is 22.8 Å². The monoisotopic (exact) mass is 391 g/mol. The zero-order valence-electron chi connectivity index (χ0n) is 15.3. The molecule has 0 bridgehead atoms. The molecule has 146 valence electrons. The van der Waals surface area contributed by atoms with Crippen LogP contribution in [0.2, 0.25) is 0 Å². The maximum atomic E-state index is 12.2. The molecule has 1 atom stereocenters. The van der Waals surface area contributed by atoms with Crippen LogP contribution in [0.4, 0.5) is 5.69 Å². The van der Waals surface area contributed by atoms with Crippen molar-refractivity contribution in [3.8, 4) is 0 Å². The summed E-state index contributed by atoms with van der Waals surface area (Å²) < 4.78 is 29.4. The Kier molecular flexibility index (Phi) is 4.99. The number of carboxylic acids is 1. The Morgan fingerprint density at radius 1 is 1.15 bits per heavy atom. The molecule has 0 saturated heterocycles. The van der Waals surface area contributed by atoms with Gasteiger partial charge in [-0.1, -0.05) is 18.9 Å². The van der Waals surface area contributed by atoms with Crippen molar-refractivity contribution >= 4 is 28.7 Å². The summed E-state index contributed by atoms with van der Waals surface area (Å²) in [7, 11) is 0. The summed E-state index contributed by atoms with van der Waals surface area (Å²) in [5.74, 6) is -0.143. The van der Waals surface area contributed by atoms with Crippen molar-refractivity contribution in [2.75, 3.05) is 10.9 Å². The van der Waals surface area contributed by atoms with E-state index in [0.717, 1.165) is 61.8 Å². The third-order valence-electron chi connectivity index (χ3n) is 6.04. The van der Waals surface area contributed by atoms with Gasteiger partial charge in [-0.3, -0.25) is 8.86 Å². The van der Waals surface area contributed by atoms with Gasteiger partial charge in [-0.05, 0) is 68.2 Å². The number of anilines is 1. The summed E-state index contributed by atoms with van der Waals surface area (Å²) in [6.07, 6.45) is 7.42. The molecule has 1 heterocycles. The molecule has 2 N–H and O–H groups in total. The molecule has 6 nitrogen and oxygen atoms in total. The van der Waals surface area contributed by atoms with Gasteiger partial charge in [0.1, 0.15) is 5.76 Å². The first-order valence-electron chi connectivity index (χ1n) is 9.66. The van der Waals surface area contributed by atoms with Crippen molar-refractivity contribution in [1.29, 1.82) is 0 Å². The van der Waals surface area contributed by atoms with Crippen LogP contribution in [-0.2, 0) is 27.2 Å². The van der Waals surface area contributed by atoms with E-state index >= 15 is 0 Å². The molecular weight excluding hydrogens is 366 g/mol. The number of allylic oxidation sites excluding steroid dienone is 1. The lowest BCUT2D eigenvalue weighted by Crippen LogP contribution is -2.53. The van der Waals surface area contributed by atoms with Crippen molar-refractivity contribution < 1.29 is 23.4 Å². The average Bonchev–Trinajstić information content (AvgIpc) is 3.20.